The van der Waals surface area contributed by atoms with Crippen molar-refractivity contribution in [2.24, 2.45) is 11.3 Å². The topological polar surface area (TPSA) is 90.4 Å². The summed E-state index contributed by atoms with van der Waals surface area (Å²) in [5, 5.41) is 14.5. The molecule has 2 aromatic heterocycles. The molecule has 0 bridgehead atoms. The van der Waals surface area contributed by atoms with Crippen LogP contribution in [0.5, 0.6) is 0 Å². The van der Waals surface area contributed by atoms with Crippen molar-refractivity contribution in [3.63, 3.8) is 0 Å². The molecule has 1 aliphatic carbocycles. The van der Waals surface area contributed by atoms with Crippen LogP contribution in [-0.4, -0.2) is 80.9 Å². The van der Waals surface area contributed by atoms with Gasteiger partial charge in [0.25, 0.3) is 0 Å². The van der Waals surface area contributed by atoms with Gasteiger partial charge in [-0.05, 0) is 50.8 Å². The molecule has 3 saturated heterocycles. The highest BCUT2D eigenvalue weighted by atomic mass is 35.5. The Bertz CT molecular complexity index is 1530. The largest absolute Gasteiger partial charge is 0.354 e. The third-order valence-corrected chi connectivity index (χ3v) is 10.3. The van der Waals surface area contributed by atoms with Crippen LogP contribution < -0.4 is 4.90 Å². The summed E-state index contributed by atoms with van der Waals surface area (Å²) >= 11 is 7.05. The van der Waals surface area contributed by atoms with Gasteiger partial charge in [-0.1, -0.05) is 18.2 Å². The Hall–Kier alpha value is -3.33. The fourth-order valence-electron chi connectivity index (χ4n) is 7.71. The Morgan fingerprint density at radius 3 is 2.77 bits per heavy atom. The number of H-pyrrole nitrogens is 1. The number of amides is 2. The summed E-state index contributed by atoms with van der Waals surface area (Å²) in [5.74, 6) is 1.49. The Labute approximate surface area is 232 Å². The monoisotopic (exact) mass is 547 g/mol. The number of carbonyl (C=O) groups excluding carboxylic acids is 2. The summed E-state index contributed by atoms with van der Waals surface area (Å²) in [7, 11) is 1.94. The lowest BCUT2D eigenvalue weighted by molar-refractivity contribution is -0.149. The summed E-state index contributed by atoms with van der Waals surface area (Å²) in [6.45, 7) is 11.0. The lowest BCUT2D eigenvalue weighted by Gasteiger charge is -2.58. The molecule has 7 rings (SSSR count). The Balaban J connectivity index is 1.28. The minimum atomic E-state index is 0.0153. The molecule has 4 aliphatic rings. The van der Waals surface area contributed by atoms with Crippen LogP contribution in [0.15, 0.2) is 24.9 Å². The van der Waals surface area contributed by atoms with E-state index in [4.69, 9.17) is 16.7 Å². The molecular formula is C29H34ClN7O2. The quantitative estimate of drug-likeness (QED) is 0.497. The number of aromatic nitrogens is 4. The number of hydrogen-bond acceptors (Lipinski definition) is 5. The van der Waals surface area contributed by atoms with Gasteiger partial charge >= 0.3 is 0 Å². The van der Waals surface area contributed by atoms with Gasteiger partial charge in [-0.2, -0.15) is 10.2 Å². The first-order chi connectivity index (χ1) is 18.7. The first-order valence-electron chi connectivity index (χ1n) is 13.8. The number of likely N-dealkylation sites (tertiary alicyclic amines) is 2. The summed E-state index contributed by atoms with van der Waals surface area (Å²) < 4.78 is 2.20. The van der Waals surface area contributed by atoms with Crippen molar-refractivity contribution in [1.82, 2.24) is 29.8 Å². The fourth-order valence-corrected chi connectivity index (χ4v) is 7.96. The predicted molar refractivity (Wildman–Crippen MR) is 151 cm³/mol. The van der Waals surface area contributed by atoms with Crippen LogP contribution in [0.2, 0.25) is 5.02 Å². The van der Waals surface area contributed by atoms with Gasteiger partial charge in [0.15, 0.2) is 5.82 Å². The minimum absolute atomic E-state index is 0.0153. The van der Waals surface area contributed by atoms with Gasteiger partial charge in [-0.3, -0.25) is 19.4 Å². The number of aryl methyl sites for hydroxylation is 1. The number of hydrogen-bond donors (Lipinski definition) is 1. The van der Waals surface area contributed by atoms with Crippen molar-refractivity contribution in [2.75, 3.05) is 38.1 Å². The van der Waals surface area contributed by atoms with Gasteiger partial charge < -0.3 is 14.7 Å². The van der Waals surface area contributed by atoms with E-state index in [0.29, 0.717) is 18.4 Å². The van der Waals surface area contributed by atoms with Crippen LogP contribution in [0.3, 0.4) is 0 Å². The van der Waals surface area contributed by atoms with E-state index in [1.54, 1.807) is 0 Å². The van der Waals surface area contributed by atoms with E-state index in [1.165, 1.54) is 6.08 Å². The molecule has 1 spiro atoms. The highest BCUT2D eigenvalue weighted by Gasteiger charge is 2.54. The second-order valence-electron chi connectivity index (χ2n) is 12.2. The highest BCUT2D eigenvalue weighted by Crippen LogP contribution is 2.55. The van der Waals surface area contributed by atoms with Crippen molar-refractivity contribution in [1.29, 1.82) is 0 Å². The molecule has 2 atom stereocenters. The standard InChI is InChI=1S/C29H34ClN7O2/c1-5-23(38)36-14-29(15-36)10-19(11-29)37-17(3)25(26-20-12-31-32-21(20)8-16(2)27(26)30)28(33-37)35-7-6-22-18(13-35)9-24(39)34(22)4/h5,8,12,18-19,22H,1,6-7,9-11,13-15H2,2-4H3,(H,31,32). The molecule has 10 heteroatoms. The van der Waals surface area contributed by atoms with E-state index in [9.17, 15) is 9.59 Å². The van der Waals surface area contributed by atoms with E-state index in [0.717, 1.165) is 89.6 Å². The lowest BCUT2D eigenvalue weighted by atomic mass is 9.60. The maximum atomic E-state index is 12.5. The molecule has 4 fully saturated rings. The van der Waals surface area contributed by atoms with E-state index in [-0.39, 0.29) is 23.3 Å². The summed E-state index contributed by atoms with van der Waals surface area (Å²) in [5.41, 5.74) is 5.27. The minimum Gasteiger partial charge on any atom is -0.354 e. The Morgan fingerprint density at radius 1 is 1.26 bits per heavy atom. The van der Waals surface area contributed by atoms with Crippen LogP contribution in [0.4, 0.5) is 5.82 Å². The van der Waals surface area contributed by atoms with Gasteiger partial charge in [0.1, 0.15) is 0 Å². The number of carbonyl (C=O) groups is 2. The van der Waals surface area contributed by atoms with E-state index < -0.39 is 0 Å². The smallest absolute Gasteiger partial charge is 0.245 e. The average Bonchev–Trinajstić information content (AvgIpc) is 3.54. The van der Waals surface area contributed by atoms with Crippen LogP contribution in [0.1, 0.15) is 43.0 Å². The molecule has 1 aromatic carbocycles. The van der Waals surface area contributed by atoms with Crippen LogP contribution in [0.25, 0.3) is 22.0 Å². The molecule has 5 heterocycles. The zero-order valence-corrected chi connectivity index (χ0v) is 23.5. The number of nitrogens with one attached hydrogen (secondary N) is 1. The zero-order valence-electron chi connectivity index (χ0n) is 22.7. The first-order valence-corrected chi connectivity index (χ1v) is 14.2. The number of fused-ring (bicyclic) bond motifs is 2. The maximum Gasteiger partial charge on any atom is 0.245 e. The number of nitrogens with zero attached hydrogens (tertiary/aromatic N) is 6. The third kappa shape index (κ3) is 3.58. The molecule has 2 amide bonds. The molecular weight excluding hydrogens is 514 g/mol. The van der Waals surface area contributed by atoms with Gasteiger partial charge in [-0.15, -0.1) is 0 Å². The normalized spacial score (nSPS) is 24.3. The zero-order chi connectivity index (χ0) is 27.2. The van der Waals surface area contributed by atoms with Gasteiger partial charge in [0.2, 0.25) is 11.8 Å². The van der Waals surface area contributed by atoms with Gasteiger partial charge in [-0.25, -0.2) is 0 Å². The van der Waals surface area contributed by atoms with Crippen molar-refractivity contribution in [3.8, 4) is 11.1 Å². The predicted octanol–water partition coefficient (Wildman–Crippen LogP) is 4.10. The lowest BCUT2D eigenvalue weighted by Crippen LogP contribution is -2.63. The van der Waals surface area contributed by atoms with E-state index in [2.05, 4.69) is 33.3 Å². The van der Waals surface area contributed by atoms with Crippen molar-refractivity contribution < 1.29 is 9.59 Å². The fraction of sp³-hybridized carbons (Fsp3) is 0.517. The number of benzene rings is 1. The number of piperidine rings is 1. The average molecular weight is 548 g/mol. The highest BCUT2D eigenvalue weighted by molar-refractivity contribution is 6.36. The molecule has 0 radical (unpaired) electrons. The Kier molecular flexibility index (Phi) is 5.43. The molecule has 39 heavy (non-hydrogen) atoms. The summed E-state index contributed by atoms with van der Waals surface area (Å²) in [6, 6.07) is 2.62. The van der Waals surface area contributed by atoms with Crippen LogP contribution in [-0.2, 0) is 9.59 Å². The number of rotatable bonds is 4. The SMILES string of the molecule is C=CC(=O)N1CC2(CC(n3nc(N4CCC5C(CC(=O)N5C)C4)c(-c4c(Cl)c(C)cc5[nH]ncc45)c3C)C2)C1. The molecule has 2 unspecified atom stereocenters. The van der Waals surface area contributed by atoms with Gasteiger partial charge in [0.05, 0.1) is 22.8 Å². The molecule has 204 valence electrons. The van der Waals surface area contributed by atoms with Crippen molar-refractivity contribution >= 4 is 40.1 Å². The summed E-state index contributed by atoms with van der Waals surface area (Å²) in [6.07, 6.45) is 6.78. The second-order valence-corrected chi connectivity index (χ2v) is 12.6. The van der Waals surface area contributed by atoms with E-state index in [1.807, 2.05) is 36.0 Å². The number of anilines is 1. The van der Waals surface area contributed by atoms with Crippen LogP contribution in [0, 0.1) is 25.2 Å². The molecule has 9 nitrogen and oxygen atoms in total. The molecule has 1 N–H and O–H groups in total. The first kappa shape index (κ1) is 24.7. The molecule has 1 saturated carbocycles. The molecule has 3 aliphatic heterocycles. The van der Waals surface area contributed by atoms with E-state index >= 15 is 0 Å². The third-order valence-electron chi connectivity index (χ3n) is 9.79. The van der Waals surface area contributed by atoms with Crippen molar-refractivity contribution in [2.45, 2.75) is 51.6 Å². The summed E-state index contributed by atoms with van der Waals surface area (Å²) in [4.78, 5) is 30.7. The molecule has 3 aromatic rings. The number of aromatic amines is 1. The number of halogens is 1. The van der Waals surface area contributed by atoms with Gasteiger partial charge in [0, 0.05) is 79.2 Å². The van der Waals surface area contributed by atoms with Crippen molar-refractivity contribution in [3.05, 3.63) is 41.2 Å². The van der Waals surface area contributed by atoms with Crippen LogP contribution >= 0.6 is 11.6 Å². The Morgan fingerprint density at radius 2 is 2.03 bits per heavy atom. The maximum absolute atomic E-state index is 12.5. The second kappa shape index (κ2) is 8.58.